The Balaban J connectivity index is 0.000000170. The van der Waals surface area contributed by atoms with Gasteiger partial charge in [0.1, 0.15) is 0 Å². The highest BCUT2D eigenvalue weighted by Crippen LogP contribution is 2.25. The molecule has 0 atom stereocenters. The smallest absolute Gasteiger partial charge is 0.0541 e. The predicted octanol–water partition coefficient (Wildman–Crippen LogP) is 11.0. The molecule has 0 unspecified atom stereocenters. The van der Waals surface area contributed by atoms with Gasteiger partial charge in [0.05, 0.1) is 5.52 Å². The third-order valence-corrected chi connectivity index (χ3v) is 8.26. The minimum absolute atomic E-state index is 1.11. The van der Waals surface area contributed by atoms with Gasteiger partial charge in [-0.3, -0.25) is 4.98 Å². The van der Waals surface area contributed by atoms with Crippen molar-refractivity contribution in [3.8, 4) is 27.9 Å². The minimum atomic E-state index is 1.11. The lowest BCUT2D eigenvalue weighted by atomic mass is 10.0. The van der Waals surface area contributed by atoms with E-state index in [-0.39, 0.29) is 0 Å². The van der Waals surface area contributed by atoms with Gasteiger partial charge < -0.3 is 4.57 Å². The molecule has 0 aliphatic heterocycles. The average Bonchev–Trinajstić information content (AvgIpc) is 3.48. The summed E-state index contributed by atoms with van der Waals surface area (Å²) in [7, 11) is 0. The molecule has 0 fully saturated rings. The van der Waals surface area contributed by atoms with E-state index in [4.69, 9.17) is 0 Å². The van der Waals surface area contributed by atoms with Gasteiger partial charge in [-0.1, -0.05) is 146 Å². The van der Waals surface area contributed by atoms with Gasteiger partial charge in [0.15, 0.2) is 0 Å². The van der Waals surface area contributed by atoms with Crippen LogP contribution in [0.4, 0.5) is 0 Å². The van der Waals surface area contributed by atoms with Gasteiger partial charge >= 0.3 is 0 Å². The standard InChI is InChI=1S/C25H21N.C13H12.C6H7N.C2H6/c1-18-11-13-19(14-12-18)20-15-16-25-23(17-20)22-9-5-6-10-24(22)26(25)21-7-3-2-4-8-21;1-11-7-9-13(10-8-11)12-5-3-2-4-6-12;1-6-3-2-4-7-5-6;1-2/h2-4,7-17H,5-6H2,1H3;2-10H,1H3;2-5H,1H3;1-2H3. The van der Waals surface area contributed by atoms with Crippen molar-refractivity contribution in [3.63, 3.8) is 0 Å². The van der Waals surface area contributed by atoms with Crippen molar-refractivity contribution in [2.75, 3.05) is 0 Å². The maximum Gasteiger partial charge on any atom is 0.0541 e. The Bertz CT molecular complexity index is 2130. The van der Waals surface area contributed by atoms with Gasteiger partial charge in [0.2, 0.25) is 0 Å². The summed E-state index contributed by atoms with van der Waals surface area (Å²) in [5.41, 5.74) is 11.4. The zero-order valence-corrected chi connectivity index (χ0v) is 28.9. The van der Waals surface area contributed by atoms with E-state index < -0.39 is 0 Å². The lowest BCUT2D eigenvalue weighted by Crippen LogP contribution is -2.30. The number of hydrogen-bond donors (Lipinski definition) is 0. The first kappa shape index (κ1) is 33.9. The maximum absolute atomic E-state index is 3.88. The molecule has 1 aliphatic carbocycles. The number of rotatable bonds is 3. The summed E-state index contributed by atoms with van der Waals surface area (Å²) in [6, 6.07) is 49.3. The Morgan fingerprint density at radius 3 is 1.60 bits per heavy atom. The van der Waals surface area contributed by atoms with Gasteiger partial charge in [-0.05, 0) is 91.8 Å². The first-order valence-corrected chi connectivity index (χ1v) is 17.0. The summed E-state index contributed by atoms with van der Waals surface area (Å²) in [6.07, 6.45) is 10.6. The molecular weight excluding hydrogens is 581 g/mol. The van der Waals surface area contributed by atoms with Crippen LogP contribution in [0.5, 0.6) is 0 Å². The van der Waals surface area contributed by atoms with Crippen molar-refractivity contribution < 1.29 is 0 Å². The molecule has 48 heavy (non-hydrogen) atoms. The summed E-state index contributed by atoms with van der Waals surface area (Å²) < 4.78 is 2.40. The largest absolute Gasteiger partial charge is 0.310 e. The van der Waals surface area contributed by atoms with Crippen LogP contribution in [0.15, 0.2) is 152 Å². The number of hydrogen-bond acceptors (Lipinski definition) is 1. The quantitative estimate of drug-likeness (QED) is 0.191. The van der Waals surface area contributed by atoms with Crippen molar-refractivity contribution in [1.82, 2.24) is 9.55 Å². The van der Waals surface area contributed by atoms with Crippen LogP contribution in [0.1, 0.15) is 43.4 Å². The summed E-state index contributed by atoms with van der Waals surface area (Å²) in [5, 5.41) is 4.06. The molecule has 2 heteroatoms. The Kier molecular flexibility index (Phi) is 11.9. The van der Waals surface area contributed by atoms with E-state index in [0.29, 0.717) is 0 Å². The molecule has 0 amide bonds. The second kappa shape index (κ2) is 16.9. The van der Waals surface area contributed by atoms with E-state index >= 15 is 0 Å². The second-order valence-corrected chi connectivity index (χ2v) is 11.8. The fraction of sp³-hybridized carbons (Fsp3) is 0.152. The number of aryl methyl sites for hydroxylation is 3. The van der Waals surface area contributed by atoms with E-state index in [1.807, 2.05) is 45.2 Å². The molecule has 0 spiro atoms. The summed E-state index contributed by atoms with van der Waals surface area (Å²) in [6.45, 7) is 10.3. The molecule has 0 N–H and O–H groups in total. The topological polar surface area (TPSA) is 17.8 Å². The summed E-state index contributed by atoms with van der Waals surface area (Å²) in [4.78, 5) is 3.88. The first-order valence-electron chi connectivity index (χ1n) is 17.0. The molecule has 2 aromatic heterocycles. The number of para-hydroxylation sites is 1. The SMILES string of the molecule is CC.Cc1ccc(-c2ccc3c(c2)c2c(n3-c3ccccc3)=CCCC=2)cc1.Cc1ccc(-c2ccccc2)cc1.Cc1cccnc1. The number of nitrogens with zero attached hydrogens (tertiary/aromatic N) is 2. The number of aromatic nitrogens is 2. The van der Waals surface area contributed by atoms with E-state index in [1.54, 1.807) is 6.20 Å². The molecule has 5 aromatic carbocycles. The monoisotopic (exact) mass is 626 g/mol. The normalized spacial score (nSPS) is 11.2. The van der Waals surface area contributed by atoms with Crippen molar-refractivity contribution in [3.05, 3.63) is 179 Å². The van der Waals surface area contributed by atoms with E-state index in [2.05, 4.69) is 157 Å². The average molecular weight is 627 g/mol. The Labute approximate surface area is 286 Å². The van der Waals surface area contributed by atoms with Crippen LogP contribution in [0, 0.1) is 20.8 Å². The molecule has 0 radical (unpaired) electrons. The fourth-order valence-corrected chi connectivity index (χ4v) is 5.80. The van der Waals surface area contributed by atoms with E-state index in [0.717, 1.165) is 12.8 Å². The molecule has 2 nitrogen and oxygen atoms in total. The van der Waals surface area contributed by atoms with Crippen LogP contribution in [-0.4, -0.2) is 9.55 Å². The predicted molar refractivity (Wildman–Crippen MR) is 208 cm³/mol. The molecule has 0 saturated heterocycles. The van der Waals surface area contributed by atoms with Crippen molar-refractivity contribution in [1.29, 1.82) is 0 Å². The zero-order valence-electron chi connectivity index (χ0n) is 28.9. The summed E-state index contributed by atoms with van der Waals surface area (Å²) in [5.74, 6) is 0. The maximum atomic E-state index is 3.88. The van der Waals surface area contributed by atoms with Gasteiger partial charge in [-0.25, -0.2) is 0 Å². The third-order valence-electron chi connectivity index (χ3n) is 8.26. The fourth-order valence-electron chi connectivity index (χ4n) is 5.80. The van der Waals surface area contributed by atoms with Crippen molar-refractivity contribution in [2.24, 2.45) is 0 Å². The van der Waals surface area contributed by atoms with Gasteiger partial charge in [0.25, 0.3) is 0 Å². The Hall–Kier alpha value is -5.47. The molecule has 7 aromatic rings. The van der Waals surface area contributed by atoms with E-state index in [1.165, 1.54) is 66.1 Å². The first-order chi connectivity index (χ1) is 23.6. The lowest BCUT2D eigenvalue weighted by Gasteiger charge is -2.08. The third kappa shape index (κ3) is 8.46. The van der Waals surface area contributed by atoms with Crippen LogP contribution in [0.25, 0.3) is 51.0 Å². The van der Waals surface area contributed by atoms with Crippen LogP contribution in [0.3, 0.4) is 0 Å². The lowest BCUT2D eigenvalue weighted by molar-refractivity contribution is 1.02. The van der Waals surface area contributed by atoms with Gasteiger partial charge in [0, 0.05) is 34.0 Å². The minimum Gasteiger partial charge on any atom is -0.310 e. The number of fused-ring (bicyclic) bond motifs is 3. The van der Waals surface area contributed by atoms with Crippen molar-refractivity contribution in [2.45, 2.75) is 47.5 Å². The van der Waals surface area contributed by atoms with Crippen LogP contribution in [-0.2, 0) is 0 Å². The Morgan fingerprint density at radius 2 is 1.04 bits per heavy atom. The molecule has 1 aliphatic rings. The van der Waals surface area contributed by atoms with E-state index in [9.17, 15) is 0 Å². The van der Waals surface area contributed by atoms with Crippen LogP contribution < -0.4 is 10.6 Å². The molecule has 2 heterocycles. The highest BCUT2D eigenvalue weighted by Gasteiger charge is 2.12. The molecule has 240 valence electrons. The van der Waals surface area contributed by atoms with Crippen molar-refractivity contribution >= 4 is 23.1 Å². The van der Waals surface area contributed by atoms with Crippen LogP contribution in [0.2, 0.25) is 0 Å². The molecule has 0 saturated carbocycles. The molecule has 8 rings (SSSR count). The zero-order chi connectivity index (χ0) is 33.7. The molecular formula is C46H46N2. The number of benzene rings is 5. The van der Waals surface area contributed by atoms with Gasteiger partial charge in [-0.2, -0.15) is 0 Å². The highest BCUT2D eigenvalue weighted by molar-refractivity contribution is 5.88. The highest BCUT2D eigenvalue weighted by atomic mass is 15.0. The molecule has 0 bridgehead atoms. The Morgan fingerprint density at radius 1 is 0.500 bits per heavy atom. The van der Waals surface area contributed by atoms with Gasteiger partial charge in [-0.15, -0.1) is 0 Å². The summed E-state index contributed by atoms with van der Waals surface area (Å²) >= 11 is 0. The van der Waals surface area contributed by atoms with Crippen LogP contribution >= 0.6 is 0 Å². The number of pyridine rings is 1. The second-order valence-electron chi connectivity index (χ2n) is 11.8.